The molecule has 98 valence electrons. The van der Waals surface area contributed by atoms with E-state index in [1.165, 1.54) is 6.07 Å². The van der Waals surface area contributed by atoms with Gasteiger partial charge >= 0.3 is 5.69 Å². The lowest BCUT2D eigenvalue weighted by Crippen LogP contribution is -2.28. The Balaban J connectivity index is 3.29. The van der Waals surface area contributed by atoms with E-state index in [-0.39, 0.29) is 17.2 Å². The van der Waals surface area contributed by atoms with Crippen molar-refractivity contribution in [3.63, 3.8) is 0 Å². The van der Waals surface area contributed by atoms with Crippen LogP contribution in [0.1, 0.15) is 19.4 Å². The fraction of sp³-hybridized carbons (Fsp3) is 0.385. The van der Waals surface area contributed by atoms with Gasteiger partial charge in [-0.3, -0.25) is 10.1 Å². The van der Waals surface area contributed by atoms with Crippen LogP contribution < -0.4 is 4.90 Å². The minimum atomic E-state index is -0.548. The molecule has 1 unspecified atom stereocenters. The monoisotopic (exact) mass is 258 g/mol. The van der Waals surface area contributed by atoms with Gasteiger partial charge in [0.05, 0.1) is 16.9 Å². The maximum absolute atomic E-state index is 11.1. The predicted molar refractivity (Wildman–Crippen MR) is 70.5 cm³/mol. The second-order valence-corrected chi connectivity index (χ2v) is 4.11. The van der Waals surface area contributed by atoms with E-state index in [9.17, 15) is 10.1 Å². The second-order valence-electron chi connectivity index (χ2n) is 4.11. The van der Waals surface area contributed by atoms with Crippen LogP contribution >= 0.6 is 0 Å². The number of hydrogen-bond donors (Lipinski definition) is 0. The van der Waals surface area contributed by atoms with E-state index in [4.69, 9.17) is 10.5 Å². The van der Waals surface area contributed by atoms with Gasteiger partial charge in [0.15, 0.2) is 0 Å². The van der Waals surface area contributed by atoms with Crippen LogP contribution in [0.25, 0.3) is 0 Å². The Morgan fingerprint density at radius 1 is 1.47 bits per heavy atom. The number of nitrogens with zero attached hydrogens (tertiary/aromatic N) is 4. The van der Waals surface area contributed by atoms with Crippen LogP contribution in [0.5, 0.6) is 0 Å². The molecule has 0 aliphatic carbocycles. The van der Waals surface area contributed by atoms with Gasteiger partial charge in [-0.05, 0) is 26.0 Å². The molecule has 6 heteroatoms. The summed E-state index contributed by atoms with van der Waals surface area (Å²) in [4.78, 5) is 12.3. The van der Waals surface area contributed by atoms with E-state index in [0.717, 1.165) is 0 Å². The number of hydrogen-bond acceptors (Lipinski definition) is 5. The molecule has 0 fully saturated rings. The van der Waals surface area contributed by atoms with Gasteiger partial charge in [-0.1, -0.05) is 6.07 Å². The number of nitro benzene ring substituents is 1. The first-order valence-electron chi connectivity index (χ1n) is 5.87. The first kappa shape index (κ1) is 14.5. The lowest BCUT2D eigenvalue weighted by molar-refractivity contribution is -0.384. The quantitative estimate of drug-likeness (QED) is 0.597. The molecule has 0 aliphatic heterocycles. The number of benzene rings is 1. The molecule has 0 heterocycles. The highest BCUT2D eigenvalue weighted by molar-refractivity contribution is 5.69. The molecular formula is C13H14N4O2. The van der Waals surface area contributed by atoms with Crippen molar-refractivity contribution in [1.29, 1.82) is 10.5 Å². The highest BCUT2D eigenvalue weighted by atomic mass is 16.6. The summed E-state index contributed by atoms with van der Waals surface area (Å²) >= 11 is 0. The van der Waals surface area contributed by atoms with Gasteiger partial charge < -0.3 is 4.90 Å². The number of nitriles is 2. The zero-order chi connectivity index (χ0) is 14.4. The Hall–Kier alpha value is -2.60. The van der Waals surface area contributed by atoms with Crippen molar-refractivity contribution >= 4 is 11.4 Å². The summed E-state index contributed by atoms with van der Waals surface area (Å²) in [6.45, 7) is 4.53. The van der Waals surface area contributed by atoms with E-state index < -0.39 is 4.92 Å². The van der Waals surface area contributed by atoms with Gasteiger partial charge in [0.25, 0.3) is 0 Å². The van der Waals surface area contributed by atoms with Crippen LogP contribution in [0, 0.1) is 38.7 Å². The third-order valence-corrected chi connectivity index (χ3v) is 2.75. The summed E-state index contributed by atoms with van der Waals surface area (Å²) in [7, 11) is 0. The van der Waals surface area contributed by atoms with E-state index >= 15 is 0 Å². The highest BCUT2D eigenvalue weighted by Gasteiger charge is 2.23. The van der Waals surface area contributed by atoms with Gasteiger partial charge in [-0.2, -0.15) is 10.5 Å². The molecule has 0 radical (unpaired) electrons. The fourth-order valence-electron chi connectivity index (χ4n) is 1.84. The number of nitro groups is 1. The van der Waals surface area contributed by atoms with Gasteiger partial charge in [0, 0.05) is 13.1 Å². The summed E-state index contributed by atoms with van der Waals surface area (Å²) in [6.07, 6.45) is 0. The Bertz CT molecular complexity index is 557. The van der Waals surface area contributed by atoms with Crippen LogP contribution in [0.4, 0.5) is 11.4 Å². The lowest BCUT2D eigenvalue weighted by Gasteiger charge is -2.24. The standard InChI is InChI=1S/C13H14N4O2/c1-3-16(9-10(2)7-14)12-6-4-5-11(8-15)13(12)17(18)19/h4-6,10H,3,9H2,1-2H3. The third-order valence-electron chi connectivity index (χ3n) is 2.75. The maximum Gasteiger partial charge on any atom is 0.310 e. The van der Waals surface area contributed by atoms with E-state index in [1.54, 1.807) is 24.0 Å². The molecule has 1 aromatic carbocycles. The average Bonchev–Trinajstić information content (AvgIpc) is 2.43. The molecule has 0 amide bonds. The normalized spacial score (nSPS) is 11.2. The molecule has 1 rings (SSSR count). The second kappa shape index (κ2) is 6.36. The zero-order valence-electron chi connectivity index (χ0n) is 10.8. The molecule has 0 bridgehead atoms. The van der Waals surface area contributed by atoms with E-state index in [1.807, 2.05) is 13.0 Å². The summed E-state index contributed by atoms with van der Waals surface area (Å²) in [5.41, 5.74) is 0.219. The lowest BCUT2D eigenvalue weighted by atomic mass is 10.1. The van der Waals surface area contributed by atoms with Crippen LogP contribution in [0.15, 0.2) is 18.2 Å². The van der Waals surface area contributed by atoms with Gasteiger partial charge in [0.2, 0.25) is 0 Å². The molecule has 1 atom stereocenters. The first-order chi connectivity index (χ1) is 9.04. The number of rotatable bonds is 5. The first-order valence-corrected chi connectivity index (χ1v) is 5.87. The van der Waals surface area contributed by atoms with Crippen molar-refractivity contribution in [2.24, 2.45) is 5.92 Å². The SMILES string of the molecule is CCN(CC(C)C#N)c1cccc(C#N)c1[N+](=O)[O-]. The molecular weight excluding hydrogens is 244 g/mol. The van der Waals surface area contributed by atoms with Gasteiger partial charge in [-0.15, -0.1) is 0 Å². The van der Waals surface area contributed by atoms with Gasteiger partial charge in [-0.25, -0.2) is 0 Å². The Morgan fingerprint density at radius 2 is 2.16 bits per heavy atom. The molecule has 0 saturated carbocycles. The van der Waals surface area contributed by atoms with Crippen LogP contribution in [-0.4, -0.2) is 18.0 Å². The number of anilines is 1. The van der Waals surface area contributed by atoms with Crippen molar-refractivity contribution in [2.75, 3.05) is 18.0 Å². The molecule has 0 saturated heterocycles. The fourth-order valence-corrected chi connectivity index (χ4v) is 1.84. The molecule has 0 spiro atoms. The average molecular weight is 258 g/mol. The van der Waals surface area contributed by atoms with Crippen LogP contribution in [0.2, 0.25) is 0 Å². The largest absolute Gasteiger partial charge is 0.365 e. The topological polar surface area (TPSA) is 94.0 Å². The van der Waals surface area contributed by atoms with Crippen molar-refractivity contribution in [3.8, 4) is 12.1 Å². The molecule has 6 nitrogen and oxygen atoms in total. The molecule has 0 N–H and O–H groups in total. The molecule has 0 aromatic heterocycles. The van der Waals surface area contributed by atoms with Crippen LogP contribution in [0.3, 0.4) is 0 Å². The smallest absolute Gasteiger partial charge is 0.310 e. The minimum absolute atomic E-state index is 0.0329. The van der Waals surface area contributed by atoms with Gasteiger partial charge in [0.1, 0.15) is 17.3 Å². The summed E-state index contributed by atoms with van der Waals surface area (Å²) in [5.74, 6) is -0.245. The van der Waals surface area contributed by atoms with E-state index in [2.05, 4.69) is 6.07 Å². The Kier molecular flexibility index (Phi) is 4.84. The Labute approximate surface area is 111 Å². The van der Waals surface area contributed by atoms with Crippen molar-refractivity contribution < 1.29 is 4.92 Å². The maximum atomic E-state index is 11.1. The molecule has 1 aromatic rings. The number of para-hydroxylation sites is 1. The van der Waals surface area contributed by atoms with Crippen molar-refractivity contribution in [3.05, 3.63) is 33.9 Å². The summed E-state index contributed by atoms with van der Waals surface area (Å²) < 4.78 is 0. The van der Waals surface area contributed by atoms with Crippen LogP contribution in [-0.2, 0) is 0 Å². The van der Waals surface area contributed by atoms with Crippen molar-refractivity contribution in [2.45, 2.75) is 13.8 Å². The third kappa shape index (κ3) is 3.20. The highest BCUT2D eigenvalue weighted by Crippen LogP contribution is 2.31. The summed E-state index contributed by atoms with van der Waals surface area (Å²) in [6, 6.07) is 8.57. The molecule has 0 aliphatic rings. The molecule has 19 heavy (non-hydrogen) atoms. The Morgan fingerprint density at radius 3 is 2.63 bits per heavy atom. The zero-order valence-corrected chi connectivity index (χ0v) is 10.8. The predicted octanol–water partition coefficient (Wildman–Crippen LogP) is 2.45. The van der Waals surface area contributed by atoms with Crippen molar-refractivity contribution in [1.82, 2.24) is 0 Å². The minimum Gasteiger partial charge on any atom is -0.365 e. The summed E-state index contributed by atoms with van der Waals surface area (Å²) in [5, 5.41) is 28.9. The van der Waals surface area contributed by atoms with E-state index in [0.29, 0.717) is 18.8 Å².